The number of rotatable bonds is 4. The Morgan fingerprint density at radius 3 is 2.71 bits per heavy atom. The Balaban J connectivity index is 1.86. The lowest BCUT2D eigenvalue weighted by molar-refractivity contribution is -0.123. The third-order valence-electron chi connectivity index (χ3n) is 4.46. The van der Waals surface area contributed by atoms with Gasteiger partial charge in [-0.25, -0.2) is 0 Å². The zero-order chi connectivity index (χ0) is 17.1. The van der Waals surface area contributed by atoms with Crippen LogP contribution in [0.25, 0.3) is 0 Å². The van der Waals surface area contributed by atoms with Crippen molar-refractivity contribution in [1.29, 1.82) is 0 Å². The quantitative estimate of drug-likeness (QED) is 0.933. The Hall–Kier alpha value is -2.18. The smallest absolute Gasteiger partial charge is 0.247 e. The summed E-state index contributed by atoms with van der Waals surface area (Å²) in [5.74, 6) is 1.06. The molecule has 24 heavy (non-hydrogen) atoms. The van der Waals surface area contributed by atoms with Crippen molar-refractivity contribution in [3.8, 4) is 0 Å². The van der Waals surface area contributed by atoms with Gasteiger partial charge in [0.1, 0.15) is 11.8 Å². The van der Waals surface area contributed by atoms with Crippen molar-refractivity contribution in [2.45, 2.75) is 25.9 Å². The Morgan fingerprint density at radius 2 is 2.08 bits per heavy atom. The highest BCUT2D eigenvalue weighted by molar-refractivity contribution is 5.94. The predicted molar refractivity (Wildman–Crippen MR) is 92.7 cm³/mol. The van der Waals surface area contributed by atoms with Gasteiger partial charge in [0, 0.05) is 31.7 Å². The van der Waals surface area contributed by atoms with Gasteiger partial charge >= 0.3 is 0 Å². The molecule has 1 aromatic heterocycles. The van der Waals surface area contributed by atoms with Crippen LogP contribution in [0.3, 0.4) is 0 Å². The fraction of sp³-hybridized carbons (Fsp3) is 0.444. The number of likely N-dealkylation sites (N-methyl/N-ethyl adjacent to an activating group) is 1. The van der Waals surface area contributed by atoms with Gasteiger partial charge in [-0.3, -0.25) is 9.69 Å². The second-order valence-electron chi connectivity index (χ2n) is 6.47. The normalized spacial score (nSPS) is 20.7. The maximum absolute atomic E-state index is 13.0. The molecule has 0 radical (unpaired) electrons. The molecule has 128 valence electrons. The van der Waals surface area contributed by atoms with Crippen molar-refractivity contribution in [3.05, 3.63) is 47.7 Å². The molecule has 1 aromatic carbocycles. The molecule has 1 aliphatic heterocycles. The van der Waals surface area contributed by atoms with Crippen LogP contribution in [0.1, 0.15) is 24.3 Å². The number of nitrogens with zero attached hydrogens (tertiary/aromatic N) is 3. The summed E-state index contributed by atoms with van der Waals surface area (Å²) in [6.45, 7) is 6.71. The number of benzene rings is 1. The molecular formula is C18H24N4O2. The number of anilines is 1. The monoisotopic (exact) mass is 328 g/mol. The van der Waals surface area contributed by atoms with E-state index in [1.54, 1.807) is 13.0 Å². The molecule has 0 saturated carbocycles. The largest absolute Gasteiger partial charge is 0.360 e. The van der Waals surface area contributed by atoms with Gasteiger partial charge in [-0.05, 0) is 26.5 Å². The number of carbonyl (C=O) groups excluding carboxylic acids is 1. The van der Waals surface area contributed by atoms with Crippen molar-refractivity contribution < 1.29 is 9.32 Å². The van der Waals surface area contributed by atoms with Crippen LogP contribution in [0.2, 0.25) is 0 Å². The van der Waals surface area contributed by atoms with E-state index in [0.29, 0.717) is 17.6 Å². The lowest BCUT2D eigenvalue weighted by Crippen LogP contribution is -2.53. The minimum Gasteiger partial charge on any atom is -0.360 e. The zero-order valence-electron chi connectivity index (χ0n) is 14.4. The highest BCUT2D eigenvalue weighted by Gasteiger charge is 2.34. The van der Waals surface area contributed by atoms with Gasteiger partial charge in [-0.15, -0.1) is 0 Å². The second kappa shape index (κ2) is 7.15. The van der Waals surface area contributed by atoms with Crippen LogP contribution in [-0.2, 0) is 4.79 Å². The van der Waals surface area contributed by atoms with Crippen LogP contribution < -0.4 is 5.32 Å². The van der Waals surface area contributed by atoms with Crippen LogP contribution in [-0.4, -0.2) is 53.6 Å². The summed E-state index contributed by atoms with van der Waals surface area (Å²) in [7, 11) is 2.11. The number of hydrogen-bond donors (Lipinski definition) is 1. The first-order valence-corrected chi connectivity index (χ1v) is 8.28. The van der Waals surface area contributed by atoms with Gasteiger partial charge in [0.15, 0.2) is 5.82 Å². The maximum atomic E-state index is 13.0. The summed E-state index contributed by atoms with van der Waals surface area (Å²) in [6, 6.07) is 11.6. The average molecular weight is 328 g/mol. The van der Waals surface area contributed by atoms with E-state index in [-0.39, 0.29) is 11.9 Å². The number of carbonyl (C=O) groups is 1. The first kappa shape index (κ1) is 16.7. The minimum atomic E-state index is -0.341. The molecule has 2 atom stereocenters. The Morgan fingerprint density at radius 1 is 1.33 bits per heavy atom. The summed E-state index contributed by atoms with van der Waals surface area (Å²) < 4.78 is 5.05. The topological polar surface area (TPSA) is 61.6 Å². The van der Waals surface area contributed by atoms with E-state index in [0.717, 1.165) is 25.2 Å². The number of nitrogens with one attached hydrogen (secondary N) is 1. The van der Waals surface area contributed by atoms with Crippen molar-refractivity contribution in [1.82, 2.24) is 15.0 Å². The van der Waals surface area contributed by atoms with Crippen LogP contribution in [0.5, 0.6) is 0 Å². The SMILES string of the molecule is Cc1cc(NC(=O)C(c2ccccc2)N2CCN(C)CC2C)no1. The summed E-state index contributed by atoms with van der Waals surface area (Å²) in [4.78, 5) is 17.6. The van der Waals surface area contributed by atoms with Crippen LogP contribution in [0.4, 0.5) is 5.82 Å². The molecule has 0 bridgehead atoms. The number of aryl methyl sites for hydroxylation is 1. The van der Waals surface area contributed by atoms with Crippen molar-refractivity contribution >= 4 is 11.7 Å². The molecule has 2 unspecified atom stereocenters. The Labute approximate surface area is 142 Å². The third kappa shape index (κ3) is 3.66. The summed E-state index contributed by atoms with van der Waals surface area (Å²) in [5, 5.41) is 6.77. The highest BCUT2D eigenvalue weighted by Crippen LogP contribution is 2.26. The molecule has 0 aliphatic carbocycles. The summed E-state index contributed by atoms with van der Waals surface area (Å²) in [5.41, 5.74) is 0.992. The fourth-order valence-electron chi connectivity index (χ4n) is 3.29. The van der Waals surface area contributed by atoms with E-state index in [4.69, 9.17) is 4.52 Å². The van der Waals surface area contributed by atoms with Gasteiger partial charge in [-0.2, -0.15) is 0 Å². The predicted octanol–water partition coefficient (Wildman–Crippen LogP) is 2.30. The second-order valence-corrected chi connectivity index (χ2v) is 6.47. The molecule has 0 spiro atoms. The van der Waals surface area contributed by atoms with E-state index in [1.807, 2.05) is 30.3 Å². The highest BCUT2D eigenvalue weighted by atomic mass is 16.5. The van der Waals surface area contributed by atoms with E-state index in [1.165, 1.54) is 0 Å². The van der Waals surface area contributed by atoms with E-state index in [9.17, 15) is 4.79 Å². The first-order chi connectivity index (χ1) is 11.5. The van der Waals surface area contributed by atoms with E-state index < -0.39 is 0 Å². The van der Waals surface area contributed by atoms with Crippen LogP contribution >= 0.6 is 0 Å². The van der Waals surface area contributed by atoms with Crippen LogP contribution in [0.15, 0.2) is 40.9 Å². The van der Waals surface area contributed by atoms with Crippen molar-refractivity contribution in [3.63, 3.8) is 0 Å². The number of amides is 1. The van der Waals surface area contributed by atoms with Crippen LogP contribution in [0, 0.1) is 6.92 Å². The van der Waals surface area contributed by atoms with Gasteiger partial charge in [-0.1, -0.05) is 35.5 Å². The fourth-order valence-corrected chi connectivity index (χ4v) is 3.29. The summed E-state index contributed by atoms with van der Waals surface area (Å²) in [6.07, 6.45) is 0. The molecule has 2 aromatic rings. The zero-order valence-corrected chi connectivity index (χ0v) is 14.4. The lowest BCUT2D eigenvalue weighted by atomic mass is 10.0. The minimum absolute atomic E-state index is 0.0779. The van der Waals surface area contributed by atoms with Gasteiger partial charge in [0.25, 0.3) is 0 Å². The molecule has 3 rings (SSSR count). The molecule has 2 heterocycles. The average Bonchev–Trinajstić information content (AvgIpc) is 2.96. The molecule has 1 amide bonds. The molecular weight excluding hydrogens is 304 g/mol. The third-order valence-corrected chi connectivity index (χ3v) is 4.46. The lowest BCUT2D eigenvalue weighted by Gasteiger charge is -2.42. The number of aromatic nitrogens is 1. The molecule has 1 aliphatic rings. The van der Waals surface area contributed by atoms with E-state index >= 15 is 0 Å². The first-order valence-electron chi connectivity index (χ1n) is 8.28. The summed E-state index contributed by atoms with van der Waals surface area (Å²) >= 11 is 0. The van der Waals surface area contributed by atoms with Gasteiger partial charge in [0.2, 0.25) is 5.91 Å². The van der Waals surface area contributed by atoms with Gasteiger partial charge < -0.3 is 14.7 Å². The van der Waals surface area contributed by atoms with E-state index in [2.05, 4.69) is 34.2 Å². The Bertz CT molecular complexity index is 685. The number of hydrogen-bond acceptors (Lipinski definition) is 5. The molecule has 6 heteroatoms. The number of piperazine rings is 1. The molecule has 1 fully saturated rings. The maximum Gasteiger partial charge on any atom is 0.247 e. The van der Waals surface area contributed by atoms with Crippen molar-refractivity contribution in [2.75, 3.05) is 32.0 Å². The Kier molecular flexibility index (Phi) is 4.97. The van der Waals surface area contributed by atoms with Crippen molar-refractivity contribution in [2.24, 2.45) is 0 Å². The van der Waals surface area contributed by atoms with Gasteiger partial charge in [0.05, 0.1) is 0 Å². The molecule has 1 saturated heterocycles. The standard InChI is InChI=1S/C18H24N4O2/c1-13-12-21(3)9-10-22(13)17(15-7-5-4-6-8-15)18(23)19-16-11-14(2)24-20-16/h4-8,11,13,17H,9-10,12H2,1-3H3,(H,19,20,23). The molecule has 1 N–H and O–H groups in total. The molecule has 6 nitrogen and oxygen atoms in total.